The number of benzene rings is 1. The van der Waals surface area contributed by atoms with E-state index in [0.29, 0.717) is 24.3 Å². The van der Waals surface area contributed by atoms with E-state index in [4.69, 9.17) is 4.74 Å². The number of aromatic amines is 1. The fraction of sp³-hybridized carbons (Fsp3) is 0.429. The molecule has 144 valence electrons. The van der Waals surface area contributed by atoms with E-state index >= 15 is 0 Å². The zero-order valence-electron chi connectivity index (χ0n) is 16.0. The van der Waals surface area contributed by atoms with Gasteiger partial charge in [0.25, 0.3) is 5.56 Å². The highest BCUT2D eigenvalue weighted by atomic mass is 16.5. The highest BCUT2D eigenvalue weighted by Crippen LogP contribution is 2.30. The number of hydrogen-bond donors (Lipinski definition) is 2. The van der Waals surface area contributed by atoms with Crippen LogP contribution in [0.4, 0.5) is 0 Å². The Morgan fingerprint density at radius 3 is 2.56 bits per heavy atom. The smallest absolute Gasteiger partial charge is 0.331 e. The standard InChI is InChI=1S/C21H26N2O4/c1-4-18-19(25)22-21(26)23(11-15-6-5-7-16(15)12-24)20(18)27-17-9-13(2)8-14(3)10-17/h6,8-10,16,24H,4-5,7,11-12H2,1-3H3,(H,22,25,26). The van der Waals surface area contributed by atoms with Crippen LogP contribution in [-0.2, 0) is 13.0 Å². The van der Waals surface area contributed by atoms with Crippen molar-refractivity contribution in [3.05, 3.63) is 67.4 Å². The lowest BCUT2D eigenvalue weighted by atomic mass is 10.0. The van der Waals surface area contributed by atoms with Gasteiger partial charge in [0.05, 0.1) is 12.1 Å². The molecule has 1 aliphatic carbocycles. The van der Waals surface area contributed by atoms with E-state index in [1.165, 1.54) is 4.57 Å². The number of aliphatic hydroxyl groups excluding tert-OH is 1. The Morgan fingerprint density at radius 1 is 1.22 bits per heavy atom. The van der Waals surface area contributed by atoms with Crippen LogP contribution in [0.5, 0.6) is 11.6 Å². The molecular formula is C21H26N2O4. The van der Waals surface area contributed by atoms with E-state index in [1.54, 1.807) is 0 Å². The third-order valence-electron chi connectivity index (χ3n) is 5.01. The van der Waals surface area contributed by atoms with Crippen LogP contribution in [0.25, 0.3) is 0 Å². The van der Waals surface area contributed by atoms with Crippen molar-refractivity contribution in [2.45, 2.75) is 46.6 Å². The molecule has 3 rings (SSSR count). The number of allylic oxidation sites excluding steroid dienone is 1. The van der Waals surface area contributed by atoms with E-state index in [2.05, 4.69) is 11.1 Å². The predicted molar refractivity (Wildman–Crippen MR) is 105 cm³/mol. The molecule has 0 bridgehead atoms. The van der Waals surface area contributed by atoms with Crippen LogP contribution >= 0.6 is 0 Å². The quantitative estimate of drug-likeness (QED) is 0.766. The van der Waals surface area contributed by atoms with Crippen molar-refractivity contribution in [3.8, 4) is 11.6 Å². The fourth-order valence-corrected chi connectivity index (χ4v) is 3.67. The van der Waals surface area contributed by atoms with Gasteiger partial charge in [0.2, 0.25) is 5.88 Å². The van der Waals surface area contributed by atoms with E-state index < -0.39 is 11.2 Å². The van der Waals surface area contributed by atoms with Crippen LogP contribution in [0.3, 0.4) is 0 Å². The maximum Gasteiger partial charge on any atom is 0.331 e. The molecule has 0 saturated heterocycles. The van der Waals surface area contributed by atoms with Crippen LogP contribution in [-0.4, -0.2) is 21.3 Å². The normalized spacial score (nSPS) is 16.4. The first kappa shape index (κ1) is 19.2. The molecule has 1 aromatic heterocycles. The average Bonchev–Trinajstić information content (AvgIpc) is 3.04. The summed E-state index contributed by atoms with van der Waals surface area (Å²) in [6, 6.07) is 5.80. The number of nitrogens with zero attached hydrogens (tertiary/aromatic N) is 1. The Morgan fingerprint density at radius 2 is 1.93 bits per heavy atom. The number of nitrogens with one attached hydrogen (secondary N) is 1. The maximum atomic E-state index is 12.6. The molecule has 2 aromatic rings. The van der Waals surface area contributed by atoms with E-state index in [0.717, 1.165) is 29.5 Å². The summed E-state index contributed by atoms with van der Waals surface area (Å²) in [5.74, 6) is 0.920. The van der Waals surface area contributed by atoms with Crippen molar-refractivity contribution in [1.82, 2.24) is 9.55 Å². The summed E-state index contributed by atoms with van der Waals surface area (Å²) < 4.78 is 7.56. The molecule has 0 spiro atoms. The SMILES string of the molecule is CCc1c(Oc2cc(C)cc(C)c2)n(CC2=CCCC2CO)c(=O)[nH]c1=O. The van der Waals surface area contributed by atoms with Crippen LogP contribution in [0, 0.1) is 19.8 Å². The minimum absolute atomic E-state index is 0.0444. The first-order valence-corrected chi connectivity index (χ1v) is 9.34. The molecule has 27 heavy (non-hydrogen) atoms. The third-order valence-corrected chi connectivity index (χ3v) is 5.01. The first-order chi connectivity index (χ1) is 12.9. The van der Waals surface area contributed by atoms with Crippen molar-refractivity contribution in [2.24, 2.45) is 5.92 Å². The Balaban J connectivity index is 2.09. The Bertz CT molecular complexity index is 964. The molecule has 2 N–H and O–H groups in total. The van der Waals surface area contributed by atoms with Crippen LogP contribution in [0.15, 0.2) is 39.4 Å². The zero-order chi connectivity index (χ0) is 19.6. The molecule has 0 saturated carbocycles. The summed E-state index contributed by atoms with van der Waals surface area (Å²) in [4.78, 5) is 27.3. The van der Waals surface area contributed by atoms with Crippen LogP contribution < -0.4 is 16.0 Å². The van der Waals surface area contributed by atoms with Gasteiger partial charge in [0, 0.05) is 12.5 Å². The summed E-state index contributed by atoms with van der Waals surface area (Å²) in [7, 11) is 0. The number of H-pyrrole nitrogens is 1. The van der Waals surface area contributed by atoms with Gasteiger partial charge in [-0.15, -0.1) is 0 Å². The van der Waals surface area contributed by atoms with Gasteiger partial charge < -0.3 is 9.84 Å². The largest absolute Gasteiger partial charge is 0.440 e. The van der Waals surface area contributed by atoms with Gasteiger partial charge in [-0.25, -0.2) is 4.79 Å². The van der Waals surface area contributed by atoms with Crippen LogP contribution in [0.1, 0.15) is 36.5 Å². The molecule has 6 nitrogen and oxygen atoms in total. The molecule has 1 heterocycles. The molecule has 1 aliphatic rings. The molecule has 0 radical (unpaired) electrons. The summed E-state index contributed by atoms with van der Waals surface area (Å²) in [5.41, 5.74) is 2.60. The van der Waals surface area contributed by atoms with E-state index in [9.17, 15) is 14.7 Å². The van der Waals surface area contributed by atoms with Crippen molar-refractivity contribution >= 4 is 0 Å². The van der Waals surface area contributed by atoms with Gasteiger partial charge in [-0.05, 0) is 61.9 Å². The summed E-state index contributed by atoms with van der Waals surface area (Å²) in [6.07, 6.45) is 4.26. The fourth-order valence-electron chi connectivity index (χ4n) is 3.67. The van der Waals surface area contributed by atoms with Crippen LogP contribution in [0.2, 0.25) is 0 Å². The Labute approximate surface area is 158 Å². The Kier molecular flexibility index (Phi) is 5.65. The van der Waals surface area contributed by atoms with Crippen molar-refractivity contribution in [2.75, 3.05) is 6.61 Å². The zero-order valence-corrected chi connectivity index (χ0v) is 16.0. The highest BCUT2D eigenvalue weighted by molar-refractivity contribution is 5.37. The van der Waals surface area contributed by atoms with Gasteiger partial charge in [-0.3, -0.25) is 14.3 Å². The number of hydrogen-bond acceptors (Lipinski definition) is 4. The van der Waals surface area contributed by atoms with Crippen molar-refractivity contribution in [1.29, 1.82) is 0 Å². The molecule has 1 aromatic carbocycles. The minimum atomic E-state index is -0.499. The summed E-state index contributed by atoms with van der Waals surface area (Å²) in [5, 5.41) is 9.58. The predicted octanol–water partition coefficient (Wildman–Crippen LogP) is 2.84. The van der Waals surface area contributed by atoms with Crippen molar-refractivity contribution < 1.29 is 9.84 Å². The minimum Gasteiger partial charge on any atom is -0.440 e. The number of aliphatic hydroxyl groups is 1. The molecule has 1 atom stereocenters. The second kappa shape index (κ2) is 7.96. The van der Waals surface area contributed by atoms with E-state index in [-0.39, 0.29) is 18.4 Å². The lowest BCUT2D eigenvalue weighted by Gasteiger charge is -2.19. The Hall–Kier alpha value is -2.60. The number of aryl methyl sites for hydroxylation is 2. The molecule has 1 unspecified atom stereocenters. The van der Waals surface area contributed by atoms with E-state index in [1.807, 2.05) is 39.0 Å². The molecule has 0 fully saturated rings. The molecule has 6 heteroatoms. The lowest BCUT2D eigenvalue weighted by molar-refractivity contribution is 0.242. The lowest BCUT2D eigenvalue weighted by Crippen LogP contribution is -2.34. The third kappa shape index (κ3) is 4.06. The molecular weight excluding hydrogens is 344 g/mol. The monoisotopic (exact) mass is 370 g/mol. The van der Waals surface area contributed by atoms with Gasteiger partial charge in [0.15, 0.2) is 0 Å². The average molecular weight is 370 g/mol. The number of ether oxygens (including phenoxy) is 1. The first-order valence-electron chi connectivity index (χ1n) is 9.34. The summed E-state index contributed by atoms with van der Waals surface area (Å²) in [6.45, 7) is 6.16. The maximum absolute atomic E-state index is 12.6. The molecule has 0 amide bonds. The summed E-state index contributed by atoms with van der Waals surface area (Å²) >= 11 is 0. The number of aromatic nitrogens is 2. The molecule has 0 aliphatic heterocycles. The van der Waals surface area contributed by atoms with Gasteiger partial charge in [-0.2, -0.15) is 0 Å². The topological polar surface area (TPSA) is 84.3 Å². The second-order valence-corrected chi connectivity index (χ2v) is 7.14. The number of rotatable bonds is 6. The van der Waals surface area contributed by atoms with Gasteiger partial charge >= 0.3 is 5.69 Å². The van der Waals surface area contributed by atoms with Gasteiger partial charge in [-0.1, -0.05) is 19.1 Å². The second-order valence-electron chi connectivity index (χ2n) is 7.14. The van der Waals surface area contributed by atoms with Crippen molar-refractivity contribution in [3.63, 3.8) is 0 Å². The van der Waals surface area contributed by atoms with Gasteiger partial charge in [0.1, 0.15) is 5.75 Å². The highest BCUT2D eigenvalue weighted by Gasteiger charge is 2.22.